The van der Waals surface area contributed by atoms with Crippen molar-refractivity contribution >= 4 is 23.5 Å². The third-order valence-corrected chi connectivity index (χ3v) is 3.87. The highest BCUT2D eigenvalue weighted by Crippen LogP contribution is 2.21. The number of amides is 2. The van der Waals surface area contributed by atoms with Gasteiger partial charge in [-0.15, -0.1) is 0 Å². The molecule has 7 heteroatoms. The standard InChI is InChI=1S/C20H23N3O4/c1-12-7-13(2)19(14(3)8-12)23-17(24)10-22-18(25)11-27-20(26)16-6-5-15(4)21-9-16/h5-9H,10-11H2,1-4H3,(H,22,25)(H,23,24). The number of esters is 1. The molecule has 0 saturated heterocycles. The zero-order valence-corrected chi connectivity index (χ0v) is 15.9. The van der Waals surface area contributed by atoms with Crippen molar-refractivity contribution in [1.82, 2.24) is 10.3 Å². The predicted molar refractivity (Wildman–Crippen MR) is 102 cm³/mol. The molecule has 2 amide bonds. The van der Waals surface area contributed by atoms with E-state index in [4.69, 9.17) is 4.74 Å². The van der Waals surface area contributed by atoms with Gasteiger partial charge in [-0.2, -0.15) is 0 Å². The van der Waals surface area contributed by atoms with E-state index in [1.54, 1.807) is 19.1 Å². The summed E-state index contributed by atoms with van der Waals surface area (Å²) in [6.07, 6.45) is 1.38. The van der Waals surface area contributed by atoms with Gasteiger partial charge in [0, 0.05) is 17.6 Å². The highest BCUT2D eigenvalue weighted by molar-refractivity contribution is 5.96. The normalized spacial score (nSPS) is 10.2. The van der Waals surface area contributed by atoms with Gasteiger partial charge in [0.25, 0.3) is 5.91 Å². The van der Waals surface area contributed by atoms with E-state index in [0.717, 1.165) is 28.1 Å². The summed E-state index contributed by atoms with van der Waals surface area (Å²) in [4.78, 5) is 39.7. The first-order valence-corrected chi connectivity index (χ1v) is 8.50. The Morgan fingerprint density at radius 1 is 1.00 bits per heavy atom. The van der Waals surface area contributed by atoms with Gasteiger partial charge in [0.2, 0.25) is 5.91 Å². The minimum Gasteiger partial charge on any atom is -0.452 e. The van der Waals surface area contributed by atoms with Crippen molar-refractivity contribution in [1.29, 1.82) is 0 Å². The van der Waals surface area contributed by atoms with E-state index in [1.807, 2.05) is 32.9 Å². The minimum absolute atomic E-state index is 0.213. The van der Waals surface area contributed by atoms with Crippen LogP contribution in [0.5, 0.6) is 0 Å². The number of benzene rings is 1. The van der Waals surface area contributed by atoms with E-state index < -0.39 is 18.5 Å². The molecule has 1 aromatic heterocycles. The minimum atomic E-state index is -0.645. The molecular weight excluding hydrogens is 346 g/mol. The van der Waals surface area contributed by atoms with Crippen molar-refractivity contribution in [3.05, 3.63) is 58.4 Å². The van der Waals surface area contributed by atoms with Crippen molar-refractivity contribution in [3.63, 3.8) is 0 Å². The quantitative estimate of drug-likeness (QED) is 0.761. The maximum absolute atomic E-state index is 12.1. The fraction of sp³-hybridized carbons (Fsp3) is 0.300. The van der Waals surface area contributed by atoms with E-state index in [0.29, 0.717) is 0 Å². The van der Waals surface area contributed by atoms with Gasteiger partial charge in [-0.1, -0.05) is 17.7 Å². The molecule has 142 valence electrons. The molecule has 0 unspecified atom stereocenters. The predicted octanol–water partition coefficient (Wildman–Crippen LogP) is 2.23. The molecule has 1 aromatic carbocycles. The number of hydrogen-bond acceptors (Lipinski definition) is 5. The average molecular weight is 369 g/mol. The summed E-state index contributed by atoms with van der Waals surface area (Å²) in [5.41, 5.74) is 4.78. The van der Waals surface area contributed by atoms with Crippen LogP contribution in [0, 0.1) is 27.7 Å². The zero-order valence-electron chi connectivity index (χ0n) is 15.9. The summed E-state index contributed by atoms with van der Waals surface area (Å²) >= 11 is 0. The summed E-state index contributed by atoms with van der Waals surface area (Å²) in [5, 5.41) is 5.21. The number of hydrogen-bond donors (Lipinski definition) is 2. The molecule has 7 nitrogen and oxygen atoms in total. The van der Waals surface area contributed by atoms with Crippen molar-refractivity contribution in [2.45, 2.75) is 27.7 Å². The Morgan fingerprint density at radius 2 is 1.67 bits per heavy atom. The lowest BCUT2D eigenvalue weighted by Gasteiger charge is -2.13. The highest BCUT2D eigenvalue weighted by Gasteiger charge is 2.12. The lowest BCUT2D eigenvalue weighted by atomic mass is 10.1. The van der Waals surface area contributed by atoms with Gasteiger partial charge in [-0.25, -0.2) is 4.79 Å². The van der Waals surface area contributed by atoms with Crippen LogP contribution < -0.4 is 10.6 Å². The van der Waals surface area contributed by atoms with Crippen LogP contribution in [0.25, 0.3) is 0 Å². The Kier molecular flexibility index (Phi) is 6.65. The van der Waals surface area contributed by atoms with E-state index >= 15 is 0 Å². The number of aryl methyl sites for hydroxylation is 4. The van der Waals surface area contributed by atoms with Crippen molar-refractivity contribution in [3.8, 4) is 0 Å². The van der Waals surface area contributed by atoms with E-state index in [2.05, 4.69) is 15.6 Å². The second-order valence-electron chi connectivity index (χ2n) is 6.36. The Balaban J connectivity index is 1.79. The van der Waals surface area contributed by atoms with Gasteiger partial charge < -0.3 is 15.4 Å². The molecule has 2 N–H and O–H groups in total. The van der Waals surface area contributed by atoms with Gasteiger partial charge in [-0.3, -0.25) is 14.6 Å². The van der Waals surface area contributed by atoms with Crippen molar-refractivity contribution in [2.24, 2.45) is 0 Å². The molecule has 0 aliphatic heterocycles. The lowest BCUT2D eigenvalue weighted by molar-refractivity contribution is -0.126. The Morgan fingerprint density at radius 3 is 2.26 bits per heavy atom. The van der Waals surface area contributed by atoms with Crippen molar-refractivity contribution < 1.29 is 19.1 Å². The molecule has 0 bridgehead atoms. The molecule has 0 fully saturated rings. The van der Waals surface area contributed by atoms with E-state index in [1.165, 1.54) is 6.20 Å². The molecule has 0 aliphatic rings. The molecule has 0 aliphatic carbocycles. The van der Waals surface area contributed by atoms with Crippen LogP contribution in [0.1, 0.15) is 32.7 Å². The Bertz CT molecular complexity index is 837. The molecule has 1 heterocycles. The van der Waals surface area contributed by atoms with Gasteiger partial charge in [0.1, 0.15) is 0 Å². The van der Waals surface area contributed by atoms with E-state index in [9.17, 15) is 14.4 Å². The first kappa shape index (κ1) is 20.1. The highest BCUT2D eigenvalue weighted by atomic mass is 16.5. The molecule has 0 saturated carbocycles. The number of ether oxygens (including phenoxy) is 1. The Labute approximate surface area is 158 Å². The fourth-order valence-corrected chi connectivity index (χ4v) is 2.59. The van der Waals surface area contributed by atoms with Crippen LogP contribution in [0.2, 0.25) is 0 Å². The topological polar surface area (TPSA) is 97.4 Å². The SMILES string of the molecule is Cc1cc(C)c(NC(=O)CNC(=O)COC(=O)c2ccc(C)nc2)c(C)c1. The molecule has 27 heavy (non-hydrogen) atoms. The van der Waals surface area contributed by atoms with Crippen LogP contribution in [0.4, 0.5) is 5.69 Å². The third kappa shape index (κ3) is 5.91. The molecule has 0 radical (unpaired) electrons. The van der Waals surface area contributed by atoms with Crippen LogP contribution in [0.15, 0.2) is 30.5 Å². The lowest BCUT2D eigenvalue weighted by Crippen LogP contribution is -2.35. The van der Waals surface area contributed by atoms with E-state index in [-0.39, 0.29) is 18.0 Å². The maximum Gasteiger partial charge on any atom is 0.340 e. The molecule has 0 spiro atoms. The number of nitrogens with zero attached hydrogens (tertiary/aromatic N) is 1. The fourth-order valence-electron chi connectivity index (χ4n) is 2.59. The summed E-state index contributed by atoms with van der Waals surface area (Å²) in [7, 11) is 0. The average Bonchev–Trinajstić information content (AvgIpc) is 2.61. The summed E-state index contributed by atoms with van der Waals surface area (Å²) in [6, 6.07) is 7.19. The number of carbonyl (C=O) groups excluding carboxylic acids is 3. The van der Waals surface area contributed by atoms with Crippen LogP contribution in [-0.4, -0.2) is 35.9 Å². The maximum atomic E-state index is 12.1. The van der Waals surface area contributed by atoms with Crippen molar-refractivity contribution in [2.75, 3.05) is 18.5 Å². The van der Waals surface area contributed by atoms with Gasteiger partial charge in [-0.05, 0) is 51.0 Å². The first-order valence-electron chi connectivity index (χ1n) is 8.50. The second-order valence-corrected chi connectivity index (χ2v) is 6.36. The summed E-state index contributed by atoms with van der Waals surface area (Å²) < 4.78 is 4.91. The van der Waals surface area contributed by atoms with Crippen LogP contribution >= 0.6 is 0 Å². The number of nitrogens with one attached hydrogen (secondary N) is 2. The molecule has 2 rings (SSSR count). The molecule has 2 aromatic rings. The summed E-state index contributed by atoms with van der Waals surface area (Å²) in [6.45, 7) is 6.92. The number of aromatic nitrogens is 1. The number of pyridine rings is 1. The van der Waals surface area contributed by atoms with Gasteiger partial charge >= 0.3 is 5.97 Å². The largest absolute Gasteiger partial charge is 0.452 e. The summed E-state index contributed by atoms with van der Waals surface area (Å²) in [5.74, 6) is -1.56. The van der Waals surface area contributed by atoms with Gasteiger partial charge in [0.15, 0.2) is 6.61 Å². The zero-order chi connectivity index (χ0) is 20.0. The third-order valence-electron chi connectivity index (χ3n) is 3.87. The second kappa shape index (κ2) is 8.93. The van der Waals surface area contributed by atoms with Gasteiger partial charge in [0.05, 0.1) is 12.1 Å². The Hall–Kier alpha value is -3.22. The number of anilines is 1. The van der Waals surface area contributed by atoms with Crippen LogP contribution in [0.3, 0.4) is 0 Å². The molecular formula is C20H23N3O4. The monoisotopic (exact) mass is 369 g/mol. The number of carbonyl (C=O) groups is 3. The smallest absolute Gasteiger partial charge is 0.340 e. The first-order chi connectivity index (χ1) is 12.8. The number of rotatable bonds is 6. The molecule has 0 atom stereocenters. The van der Waals surface area contributed by atoms with Crippen LogP contribution in [-0.2, 0) is 14.3 Å².